The molecule has 1 rings (SSSR count). The van der Waals surface area contributed by atoms with E-state index >= 15 is 0 Å². The first-order valence-electron chi connectivity index (χ1n) is 7.89. The van der Waals surface area contributed by atoms with Gasteiger partial charge in [0, 0.05) is 20.7 Å². The molecule has 114 valence electrons. The maximum absolute atomic E-state index is 3.72. The fraction of sp³-hybridized carbons (Fsp3) is 0.647. The van der Waals surface area contributed by atoms with Crippen molar-refractivity contribution in [3.8, 4) is 0 Å². The highest BCUT2D eigenvalue weighted by molar-refractivity contribution is 9.11. The topological polar surface area (TPSA) is 12.0 Å². The Morgan fingerprint density at radius 3 is 2.05 bits per heavy atom. The SMILES string of the molecule is CCCCCC(CCCCC)Nc1ccc(Br)cc1Br. The predicted octanol–water partition coefficient (Wildman–Crippen LogP) is 7.15. The molecule has 0 saturated carbocycles. The van der Waals surface area contributed by atoms with Gasteiger partial charge in [-0.25, -0.2) is 0 Å². The summed E-state index contributed by atoms with van der Waals surface area (Å²) in [6.45, 7) is 4.54. The van der Waals surface area contributed by atoms with Gasteiger partial charge in [0.25, 0.3) is 0 Å². The predicted molar refractivity (Wildman–Crippen MR) is 97.5 cm³/mol. The standard InChI is InChI=1S/C17H27Br2N/c1-3-5-7-9-15(10-8-6-4-2)20-17-12-11-14(18)13-16(17)19/h11-13,15,20H,3-10H2,1-2H3. The summed E-state index contributed by atoms with van der Waals surface area (Å²) in [6, 6.07) is 6.96. The van der Waals surface area contributed by atoms with Crippen molar-refractivity contribution >= 4 is 37.5 Å². The fourth-order valence-corrected chi connectivity index (χ4v) is 3.56. The maximum Gasteiger partial charge on any atom is 0.0487 e. The van der Waals surface area contributed by atoms with Crippen LogP contribution in [-0.2, 0) is 0 Å². The minimum absolute atomic E-state index is 0.602. The van der Waals surface area contributed by atoms with E-state index in [-0.39, 0.29) is 0 Å². The van der Waals surface area contributed by atoms with Crippen LogP contribution in [0, 0.1) is 0 Å². The third-order valence-electron chi connectivity index (χ3n) is 3.60. The first kappa shape index (κ1) is 18.0. The van der Waals surface area contributed by atoms with E-state index in [1.165, 1.54) is 57.1 Å². The number of unbranched alkanes of at least 4 members (excludes halogenated alkanes) is 4. The second kappa shape index (κ2) is 10.7. The Balaban J connectivity index is 2.56. The van der Waals surface area contributed by atoms with Crippen LogP contribution < -0.4 is 5.32 Å². The van der Waals surface area contributed by atoms with Gasteiger partial charge in [-0.3, -0.25) is 0 Å². The summed E-state index contributed by atoms with van der Waals surface area (Å²) < 4.78 is 2.26. The molecule has 3 heteroatoms. The van der Waals surface area contributed by atoms with Gasteiger partial charge >= 0.3 is 0 Å². The molecule has 0 amide bonds. The van der Waals surface area contributed by atoms with Crippen molar-refractivity contribution in [1.29, 1.82) is 0 Å². The molecule has 20 heavy (non-hydrogen) atoms. The monoisotopic (exact) mass is 403 g/mol. The van der Waals surface area contributed by atoms with Gasteiger partial charge in [-0.05, 0) is 47.0 Å². The van der Waals surface area contributed by atoms with E-state index in [4.69, 9.17) is 0 Å². The highest BCUT2D eigenvalue weighted by atomic mass is 79.9. The van der Waals surface area contributed by atoms with E-state index in [1.807, 2.05) is 0 Å². The van der Waals surface area contributed by atoms with Crippen LogP contribution in [0.15, 0.2) is 27.1 Å². The van der Waals surface area contributed by atoms with Crippen LogP contribution in [0.3, 0.4) is 0 Å². The summed E-state index contributed by atoms with van der Waals surface area (Å²) in [5.74, 6) is 0. The van der Waals surface area contributed by atoms with Crippen LogP contribution in [0.4, 0.5) is 5.69 Å². The van der Waals surface area contributed by atoms with Gasteiger partial charge in [0.15, 0.2) is 0 Å². The normalized spacial score (nSPS) is 11.1. The van der Waals surface area contributed by atoms with Crippen molar-refractivity contribution in [2.75, 3.05) is 5.32 Å². The van der Waals surface area contributed by atoms with Gasteiger partial charge in [0.2, 0.25) is 0 Å². The van der Waals surface area contributed by atoms with Gasteiger partial charge in [-0.2, -0.15) is 0 Å². The molecule has 0 aliphatic carbocycles. The lowest BCUT2D eigenvalue weighted by molar-refractivity contribution is 0.526. The van der Waals surface area contributed by atoms with Gasteiger partial charge in [0.05, 0.1) is 0 Å². The van der Waals surface area contributed by atoms with Crippen LogP contribution in [0.5, 0.6) is 0 Å². The van der Waals surface area contributed by atoms with Crippen LogP contribution in [-0.4, -0.2) is 6.04 Å². The molecule has 0 unspecified atom stereocenters. The Hall–Kier alpha value is -0.0200. The van der Waals surface area contributed by atoms with Crippen LogP contribution in [0.2, 0.25) is 0 Å². The second-order valence-corrected chi connectivity index (χ2v) is 7.23. The quantitative estimate of drug-likeness (QED) is 0.408. The summed E-state index contributed by atoms with van der Waals surface area (Å²) in [5, 5.41) is 3.72. The van der Waals surface area contributed by atoms with Crippen LogP contribution >= 0.6 is 31.9 Å². The lowest BCUT2D eigenvalue weighted by atomic mass is 10.0. The molecule has 0 heterocycles. The highest BCUT2D eigenvalue weighted by Crippen LogP contribution is 2.28. The summed E-state index contributed by atoms with van der Waals surface area (Å²) in [6.07, 6.45) is 10.5. The summed E-state index contributed by atoms with van der Waals surface area (Å²) in [7, 11) is 0. The molecule has 0 radical (unpaired) electrons. The second-order valence-electron chi connectivity index (χ2n) is 5.46. The average Bonchev–Trinajstić information content (AvgIpc) is 2.42. The first-order valence-corrected chi connectivity index (χ1v) is 9.47. The van der Waals surface area contributed by atoms with Crippen LogP contribution in [0.25, 0.3) is 0 Å². The molecule has 0 aliphatic heterocycles. The number of nitrogens with one attached hydrogen (secondary N) is 1. The van der Waals surface area contributed by atoms with Crippen molar-refractivity contribution in [2.45, 2.75) is 71.3 Å². The highest BCUT2D eigenvalue weighted by Gasteiger charge is 2.10. The Morgan fingerprint density at radius 1 is 0.950 bits per heavy atom. The molecular formula is C17H27Br2N. The molecule has 0 spiro atoms. The summed E-state index contributed by atoms with van der Waals surface area (Å²) in [4.78, 5) is 0. The zero-order valence-electron chi connectivity index (χ0n) is 12.7. The van der Waals surface area contributed by atoms with Crippen molar-refractivity contribution in [3.63, 3.8) is 0 Å². The molecule has 1 N–H and O–H groups in total. The van der Waals surface area contributed by atoms with Crippen molar-refractivity contribution in [3.05, 3.63) is 27.1 Å². The Labute approximate surface area is 141 Å². The van der Waals surface area contributed by atoms with E-state index in [0.717, 1.165) is 8.95 Å². The molecule has 0 bridgehead atoms. The smallest absolute Gasteiger partial charge is 0.0487 e. The van der Waals surface area contributed by atoms with E-state index in [1.54, 1.807) is 0 Å². The van der Waals surface area contributed by atoms with E-state index < -0.39 is 0 Å². The first-order chi connectivity index (χ1) is 9.67. The molecular weight excluding hydrogens is 378 g/mol. The van der Waals surface area contributed by atoms with E-state index in [2.05, 4.69) is 69.2 Å². The minimum atomic E-state index is 0.602. The Kier molecular flexibility index (Phi) is 9.62. The Morgan fingerprint density at radius 2 is 1.55 bits per heavy atom. The number of halogens is 2. The molecule has 1 aromatic carbocycles. The van der Waals surface area contributed by atoms with Crippen molar-refractivity contribution in [2.24, 2.45) is 0 Å². The zero-order valence-corrected chi connectivity index (χ0v) is 15.9. The zero-order chi connectivity index (χ0) is 14.8. The summed E-state index contributed by atoms with van der Waals surface area (Å²) in [5.41, 5.74) is 1.21. The van der Waals surface area contributed by atoms with E-state index in [9.17, 15) is 0 Å². The van der Waals surface area contributed by atoms with Gasteiger partial charge in [-0.1, -0.05) is 68.3 Å². The third kappa shape index (κ3) is 7.12. The fourth-order valence-electron chi connectivity index (χ4n) is 2.40. The number of rotatable bonds is 10. The largest absolute Gasteiger partial charge is 0.381 e. The number of benzene rings is 1. The van der Waals surface area contributed by atoms with Crippen molar-refractivity contribution in [1.82, 2.24) is 0 Å². The lowest BCUT2D eigenvalue weighted by Crippen LogP contribution is -2.19. The van der Waals surface area contributed by atoms with Gasteiger partial charge in [-0.15, -0.1) is 0 Å². The number of hydrogen-bond donors (Lipinski definition) is 1. The number of anilines is 1. The molecule has 0 aromatic heterocycles. The average molecular weight is 405 g/mol. The molecule has 0 aliphatic rings. The molecule has 1 nitrogen and oxygen atoms in total. The minimum Gasteiger partial charge on any atom is -0.381 e. The lowest BCUT2D eigenvalue weighted by Gasteiger charge is -2.21. The molecule has 0 saturated heterocycles. The van der Waals surface area contributed by atoms with Crippen molar-refractivity contribution < 1.29 is 0 Å². The number of hydrogen-bond acceptors (Lipinski definition) is 1. The Bertz CT molecular complexity index is 369. The van der Waals surface area contributed by atoms with Crippen LogP contribution in [0.1, 0.15) is 65.2 Å². The molecule has 0 atom stereocenters. The maximum atomic E-state index is 3.72. The van der Waals surface area contributed by atoms with Gasteiger partial charge in [0.1, 0.15) is 0 Å². The third-order valence-corrected chi connectivity index (χ3v) is 4.75. The molecule has 0 fully saturated rings. The molecule has 1 aromatic rings. The van der Waals surface area contributed by atoms with Gasteiger partial charge < -0.3 is 5.32 Å². The summed E-state index contributed by atoms with van der Waals surface area (Å²) >= 11 is 7.15. The van der Waals surface area contributed by atoms with E-state index in [0.29, 0.717) is 6.04 Å².